The fourth-order valence-corrected chi connectivity index (χ4v) is 3.06. The second-order valence-corrected chi connectivity index (χ2v) is 4.96. The zero-order chi connectivity index (χ0) is 12.5. The SMILES string of the molecule is CC(CON)C1c2ccccc2-c2ccccc21. The maximum atomic E-state index is 5.24. The van der Waals surface area contributed by atoms with Crippen LogP contribution >= 0.6 is 0 Å². The molecule has 18 heavy (non-hydrogen) atoms. The standard InChI is InChI=1S/C16H17NO/c1-11(10-18-17)16-14-8-4-2-6-12(14)13-7-3-5-9-15(13)16/h2-9,11,16H,10,17H2,1H3. The van der Waals surface area contributed by atoms with Crippen molar-refractivity contribution in [2.75, 3.05) is 6.61 Å². The number of fused-ring (bicyclic) bond motifs is 3. The Kier molecular flexibility index (Phi) is 2.90. The number of benzene rings is 2. The Morgan fingerprint density at radius 2 is 1.50 bits per heavy atom. The van der Waals surface area contributed by atoms with E-state index in [4.69, 9.17) is 10.7 Å². The second-order valence-electron chi connectivity index (χ2n) is 4.96. The van der Waals surface area contributed by atoms with E-state index < -0.39 is 0 Å². The quantitative estimate of drug-likeness (QED) is 0.834. The summed E-state index contributed by atoms with van der Waals surface area (Å²) in [4.78, 5) is 4.85. The summed E-state index contributed by atoms with van der Waals surface area (Å²) >= 11 is 0. The largest absolute Gasteiger partial charge is 0.304 e. The van der Waals surface area contributed by atoms with Gasteiger partial charge in [0.15, 0.2) is 0 Å². The Bertz CT molecular complexity index is 519. The zero-order valence-electron chi connectivity index (χ0n) is 10.5. The molecule has 0 aliphatic heterocycles. The molecule has 92 valence electrons. The fourth-order valence-electron chi connectivity index (χ4n) is 3.06. The van der Waals surface area contributed by atoms with Gasteiger partial charge in [-0.15, -0.1) is 0 Å². The van der Waals surface area contributed by atoms with Crippen LogP contribution in [0.4, 0.5) is 0 Å². The summed E-state index contributed by atoms with van der Waals surface area (Å²) in [6.07, 6.45) is 0. The van der Waals surface area contributed by atoms with Gasteiger partial charge >= 0.3 is 0 Å². The zero-order valence-corrected chi connectivity index (χ0v) is 10.5. The molecule has 0 heterocycles. The van der Waals surface area contributed by atoms with E-state index in [0.717, 1.165) is 0 Å². The van der Waals surface area contributed by atoms with Crippen molar-refractivity contribution in [1.29, 1.82) is 0 Å². The van der Waals surface area contributed by atoms with E-state index in [1.165, 1.54) is 22.3 Å². The van der Waals surface area contributed by atoms with Crippen LogP contribution in [0.1, 0.15) is 24.0 Å². The predicted octanol–water partition coefficient (Wildman–Crippen LogP) is 3.33. The molecule has 0 bridgehead atoms. The minimum absolute atomic E-state index is 0.375. The van der Waals surface area contributed by atoms with Crippen LogP contribution in [-0.2, 0) is 4.84 Å². The van der Waals surface area contributed by atoms with Gasteiger partial charge in [-0.05, 0) is 28.2 Å². The molecule has 2 nitrogen and oxygen atoms in total. The first-order valence-electron chi connectivity index (χ1n) is 6.33. The summed E-state index contributed by atoms with van der Waals surface area (Å²) in [5, 5.41) is 0. The molecule has 2 N–H and O–H groups in total. The Balaban J connectivity index is 2.14. The van der Waals surface area contributed by atoms with Gasteiger partial charge in [-0.3, -0.25) is 0 Å². The average Bonchev–Trinajstić information content (AvgIpc) is 2.73. The maximum Gasteiger partial charge on any atom is 0.0713 e. The normalized spacial score (nSPS) is 15.2. The lowest BCUT2D eigenvalue weighted by atomic mass is 9.86. The monoisotopic (exact) mass is 239 g/mol. The van der Waals surface area contributed by atoms with Crippen LogP contribution in [0.5, 0.6) is 0 Å². The molecule has 0 amide bonds. The van der Waals surface area contributed by atoms with E-state index in [2.05, 4.69) is 55.5 Å². The number of nitrogens with two attached hydrogens (primary N) is 1. The third-order valence-electron chi connectivity index (χ3n) is 3.81. The molecule has 0 fully saturated rings. The molecule has 3 rings (SSSR count). The summed E-state index contributed by atoms with van der Waals surface area (Å²) in [6.45, 7) is 2.77. The Labute approximate surface area is 107 Å². The van der Waals surface area contributed by atoms with Crippen molar-refractivity contribution < 1.29 is 4.84 Å². The lowest BCUT2D eigenvalue weighted by Gasteiger charge is -2.20. The number of hydrogen-bond acceptors (Lipinski definition) is 2. The molecular formula is C16H17NO. The first kappa shape index (κ1) is 11.5. The van der Waals surface area contributed by atoms with Crippen molar-refractivity contribution in [3.63, 3.8) is 0 Å². The van der Waals surface area contributed by atoms with Crippen molar-refractivity contribution in [3.8, 4) is 11.1 Å². The van der Waals surface area contributed by atoms with Gasteiger partial charge in [-0.25, -0.2) is 5.90 Å². The van der Waals surface area contributed by atoms with Crippen LogP contribution in [0.25, 0.3) is 11.1 Å². The minimum atomic E-state index is 0.375. The highest BCUT2D eigenvalue weighted by molar-refractivity contribution is 5.78. The third-order valence-corrected chi connectivity index (χ3v) is 3.81. The van der Waals surface area contributed by atoms with E-state index in [-0.39, 0.29) is 0 Å². The molecule has 1 aliphatic carbocycles. The van der Waals surface area contributed by atoms with Gasteiger partial charge in [0.1, 0.15) is 0 Å². The molecule has 0 spiro atoms. The smallest absolute Gasteiger partial charge is 0.0713 e. The highest BCUT2D eigenvalue weighted by Crippen LogP contribution is 2.47. The Morgan fingerprint density at radius 1 is 1.00 bits per heavy atom. The van der Waals surface area contributed by atoms with Gasteiger partial charge in [-0.1, -0.05) is 55.5 Å². The predicted molar refractivity (Wildman–Crippen MR) is 73.0 cm³/mol. The molecule has 0 saturated carbocycles. The fraction of sp³-hybridized carbons (Fsp3) is 0.250. The Hall–Kier alpha value is -1.64. The van der Waals surface area contributed by atoms with Gasteiger partial charge < -0.3 is 4.84 Å². The lowest BCUT2D eigenvalue weighted by molar-refractivity contribution is 0.102. The molecule has 1 atom stereocenters. The minimum Gasteiger partial charge on any atom is -0.304 e. The highest BCUT2D eigenvalue weighted by Gasteiger charge is 2.31. The van der Waals surface area contributed by atoms with Crippen LogP contribution in [0.3, 0.4) is 0 Å². The maximum absolute atomic E-state index is 5.24. The van der Waals surface area contributed by atoms with Crippen molar-refractivity contribution in [3.05, 3.63) is 59.7 Å². The lowest BCUT2D eigenvalue weighted by Crippen LogP contribution is -2.17. The van der Waals surface area contributed by atoms with Crippen molar-refractivity contribution in [2.45, 2.75) is 12.8 Å². The molecule has 1 unspecified atom stereocenters. The summed E-state index contributed by atoms with van der Waals surface area (Å²) in [6, 6.07) is 17.2. The summed E-state index contributed by atoms with van der Waals surface area (Å²) < 4.78 is 0. The second kappa shape index (κ2) is 4.56. The molecule has 0 radical (unpaired) electrons. The van der Waals surface area contributed by atoms with Crippen LogP contribution < -0.4 is 5.90 Å². The van der Waals surface area contributed by atoms with Crippen LogP contribution in [0.15, 0.2) is 48.5 Å². The first-order chi connectivity index (χ1) is 8.83. The third kappa shape index (κ3) is 1.65. The summed E-state index contributed by atoms with van der Waals surface area (Å²) in [5.41, 5.74) is 5.48. The van der Waals surface area contributed by atoms with Crippen molar-refractivity contribution >= 4 is 0 Å². The average molecular weight is 239 g/mol. The highest BCUT2D eigenvalue weighted by atomic mass is 16.6. The van der Waals surface area contributed by atoms with Gasteiger partial charge in [0.2, 0.25) is 0 Å². The van der Waals surface area contributed by atoms with Gasteiger partial charge in [0, 0.05) is 5.92 Å². The topological polar surface area (TPSA) is 35.2 Å². The van der Waals surface area contributed by atoms with E-state index in [0.29, 0.717) is 18.4 Å². The van der Waals surface area contributed by atoms with Crippen LogP contribution in [-0.4, -0.2) is 6.61 Å². The number of hydrogen-bond donors (Lipinski definition) is 1. The van der Waals surface area contributed by atoms with Crippen molar-refractivity contribution in [1.82, 2.24) is 0 Å². The first-order valence-corrected chi connectivity index (χ1v) is 6.33. The molecule has 2 heteroatoms. The molecular weight excluding hydrogens is 222 g/mol. The van der Waals surface area contributed by atoms with Crippen LogP contribution in [0.2, 0.25) is 0 Å². The van der Waals surface area contributed by atoms with E-state index in [1.807, 2.05) is 0 Å². The molecule has 1 aliphatic rings. The number of rotatable bonds is 3. The molecule has 0 aromatic heterocycles. The van der Waals surface area contributed by atoms with E-state index in [1.54, 1.807) is 0 Å². The molecule has 0 saturated heterocycles. The molecule has 2 aromatic carbocycles. The van der Waals surface area contributed by atoms with Crippen LogP contribution in [0, 0.1) is 5.92 Å². The van der Waals surface area contributed by atoms with Gasteiger partial charge in [0.05, 0.1) is 6.61 Å². The summed E-state index contributed by atoms with van der Waals surface area (Å²) in [7, 11) is 0. The van der Waals surface area contributed by atoms with Gasteiger partial charge in [-0.2, -0.15) is 0 Å². The Morgan fingerprint density at radius 3 is 2.00 bits per heavy atom. The van der Waals surface area contributed by atoms with Gasteiger partial charge in [0.25, 0.3) is 0 Å². The molecule has 2 aromatic rings. The summed E-state index contributed by atoms with van der Waals surface area (Å²) in [5.74, 6) is 6.00. The van der Waals surface area contributed by atoms with Crippen molar-refractivity contribution in [2.24, 2.45) is 11.8 Å². The van der Waals surface area contributed by atoms with E-state index >= 15 is 0 Å². The van der Waals surface area contributed by atoms with E-state index in [9.17, 15) is 0 Å².